The minimum Gasteiger partial charge on any atom is -0.399 e. The third kappa shape index (κ3) is 2.91. The van der Waals surface area contributed by atoms with Gasteiger partial charge in [-0.25, -0.2) is 12.7 Å². The van der Waals surface area contributed by atoms with E-state index in [0.717, 1.165) is 0 Å². The number of rotatable bonds is 4. The predicted molar refractivity (Wildman–Crippen MR) is 74.1 cm³/mol. The minimum absolute atomic E-state index is 0.246. The van der Waals surface area contributed by atoms with Crippen LogP contribution in [-0.4, -0.2) is 37.5 Å². The molecule has 5 nitrogen and oxygen atoms in total. The molecule has 0 unspecified atom stereocenters. The van der Waals surface area contributed by atoms with Crippen LogP contribution < -0.4 is 5.73 Å². The summed E-state index contributed by atoms with van der Waals surface area (Å²) in [5.74, 6) is 0.246. The second-order valence-electron chi connectivity index (χ2n) is 5.30. The first-order valence-corrected chi connectivity index (χ1v) is 7.75. The van der Waals surface area contributed by atoms with Gasteiger partial charge in [-0.2, -0.15) is 0 Å². The number of sulfonamides is 1. The van der Waals surface area contributed by atoms with Crippen molar-refractivity contribution in [1.82, 2.24) is 4.31 Å². The Bertz CT molecular complexity index is 565. The van der Waals surface area contributed by atoms with Crippen LogP contribution in [0.25, 0.3) is 0 Å². The Morgan fingerprint density at radius 1 is 1.42 bits per heavy atom. The molecule has 0 bridgehead atoms. The number of nitrogens with two attached hydrogens (primary N) is 1. The van der Waals surface area contributed by atoms with Gasteiger partial charge in [0.2, 0.25) is 10.0 Å². The number of benzene rings is 1. The van der Waals surface area contributed by atoms with Gasteiger partial charge >= 0.3 is 0 Å². The molecule has 1 aliphatic rings. The lowest BCUT2D eigenvalue weighted by Crippen LogP contribution is -2.39. The summed E-state index contributed by atoms with van der Waals surface area (Å²) in [6, 6.07) is 4.90. The third-order valence-corrected chi connectivity index (χ3v) is 5.59. The summed E-state index contributed by atoms with van der Waals surface area (Å²) < 4.78 is 26.3. The van der Waals surface area contributed by atoms with E-state index in [1.807, 2.05) is 0 Å². The number of hydrogen-bond acceptors (Lipinski definition) is 4. The van der Waals surface area contributed by atoms with Gasteiger partial charge in [0.1, 0.15) is 0 Å². The molecule has 0 radical (unpaired) electrons. The Morgan fingerprint density at radius 2 is 2.05 bits per heavy atom. The van der Waals surface area contributed by atoms with E-state index in [1.54, 1.807) is 26.1 Å². The zero-order chi connectivity index (χ0) is 14.2. The molecule has 1 fully saturated rings. The van der Waals surface area contributed by atoms with Crippen LogP contribution in [0.3, 0.4) is 0 Å². The summed E-state index contributed by atoms with van der Waals surface area (Å²) in [4.78, 5) is 0.259. The van der Waals surface area contributed by atoms with Crippen LogP contribution in [0, 0.1) is 12.8 Å². The molecular formula is C13H20N2O3S. The largest absolute Gasteiger partial charge is 0.399 e. The Balaban J connectivity index is 2.19. The van der Waals surface area contributed by atoms with Crippen LogP contribution in [0.1, 0.15) is 18.4 Å². The molecule has 0 aromatic heterocycles. The van der Waals surface area contributed by atoms with Crippen molar-refractivity contribution in [1.29, 1.82) is 0 Å². The summed E-state index contributed by atoms with van der Waals surface area (Å²) >= 11 is 0. The molecule has 0 saturated heterocycles. The van der Waals surface area contributed by atoms with Gasteiger partial charge in [-0.3, -0.25) is 0 Å². The van der Waals surface area contributed by atoms with Gasteiger partial charge in [0.15, 0.2) is 0 Å². The Kier molecular flexibility index (Phi) is 3.85. The second-order valence-corrected chi connectivity index (χ2v) is 7.32. The smallest absolute Gasteiger partial charge is 0.243 e. The van der Waals surface area contributed by atoms with Gasteiger partial charge in [-0.1, -0.05) is 6.07 Å². The molecule has 0 amide bonds. The maximum absolute atomic E-state index is 12.5. The number of nitrogens with zero attached hydrogens (tertiary/aromatic N) is 1. The predicted octanol–water partition coefficient (Wildman–Crippen LogP) is 0.969. The molecule has 3 N–H and O–H groups in total. The second kappa shape index (κ2) is 5.11. The summed E-state index contributed by atoms with van der Waals surface area (Å²) in [6.07, 6.45) is 1.08. The third-order valence-electron chi connectivity index (χ3n) is 3.63. The quantitative estimate of drug-likeness (QED) is 0.807. The van der Waals surface area contributed by atoms with Crippen LogP contribution in [0.2, 0.25) is 0 Å². The average molecular weight is 284 g/mol. The maximum atomic E-state index is 12.5. The summed E-state index contributed by atoms with van der Waals surface area (Å²) in [5, 5.41) is 9.25. The van der Waals surface area contributed by atoms with E-state index in [-0.39, 0.29) is 16.9 Å². The zero-order valence-corrected chi connectivity index (χ0v) is 12.0. The van der Waals surface area contributed by atoms with E-state index < -0.39 is 10.0 Å². The van der Waals surface area contributed by atoms with Crippen LogP contribution in [0.5, 0.6) is 0 Å². The Hall–Kier alpha value is -1.11. The molecule has 1 aliphatic carbocycles. The van der Waals surface area contributed by atoms with Crippen molar-refractivity contribution in [2.75, 3.05) is 19.3 Å². The van der Waals surface area contributed by atoms with Gasteiger partial charge in [0.25, 0.3) is 0 Å². The molecule has 2 rings (SSSR count). The highest BCUT2D eigenvalue weighted by atomic mass is 32.2. The number of aliphatic hydroxyl groups is 1. The van der Waals surface area contributed by atoms with Gasteiger partial charge < -0.3 is 10.8 Å². The highest BCUT2D eigenvalue weighted by molar-refractivity contribution is 7.89. The fourth-order valence-corrected chi connectivity index (χ4v) is 3.88. The molecule has 1 aromatic carbocycles. The molecular weight excluding hydrogens is 264 g/mol. The highest BCUT2D eigenvalue weighted by Crippen LogP contribution is 2.30. The van der Waals surface area contributed by atoms with Gasteiger partial charge in [0.05, 0.1) is 11.0 Å². The molecule has 1 aromatic rings. The van der Waals surface area contributed by atoms with Gasteiger partial charge in [-0.15, -0.1) is 0 Å². The lowest BCUT2D eigenvalue weighted by molar-refractivity contribution is 0.0367. The Morgan fingerprint density at radius 3 is 2.63 bits per heavy atom. The van der Waals surface area contributed by atoms with Gasteiger partial charge in [0, 0.05) is 19.3 Å². The fourth-order valence-electron chi connectivity index (χ4n) is 2.37. The van der Waals surface area contributed by atoms with E-state index in [4.69, 9.17) is 5.73 Å². The van der Waals surface area contributed by atoms with E-state index in [9.17, 15) is 13.5 Å². The number of aliphatic hydroxyl groups excluding tert-OH is 1. The molecule has 19 heavy (non-hydrogen) atoms. The first-order valence-electron chi connectivity index (χ1n) is 6.31. The van der Waals surface area contributed by atoms with Crippen LogP contribution in [0.4, 0.5) is 5.69 Å². The first kappa shape index (κ1) is 14.3. The lowest BCUT2D eigenvalue weighted by atomic mass is 9.82. The monoisotopic (exact) mass is 284 g/mol. The summed E-state index contributed by atoms with van der Waals surface area (Å²) in [6.45, 7) is 2.20. The van der Waals surface area contributed by atoms with Crippen molar-refractivity contribution >= 4 is 15.7 Å². The summed E-state index contributed by atoms with van der Waals surface area (Å²) in [7, 11) is -1.94. The van der Waals surface area contributed by atoms with Crippen molar-refractivity contribution in [2.24, 2.45) is 5.92 Å². The lowest BCUT2D eigenvalue weighted by Gasteiger charge is -2.34. The molecule has 106 valence electrons. The molecule has 1 saturated carbocycles. The first-order chi connectivity index (χ1) is 8.80. The number of anilines is 1. The number of hydrogen-bond donors (Lipinski definition) is 2. The zero-order valence-electron chi connectivity index (χ0n) is 11.2. The average Bonchev–Trinajstić information content (AvgIpc) is 2.30. The van der Waals surface area contributed by atoms with Crippen LogP contribution in [-0.2, 0) is 10.0 Å². The van der Waals surface area contributed by atoms with E-state index in [1.165, 1.54) is 10.4 Å². The van der Waals surface area contributed by atoms with Crippen LogP contribution in [0.15, 0.2) is 23.1 Å². The molecule has 0 aliphatic heterocycles. The van der Waals surface area contributed by atoms with Gasteiger partial charge in [-0.05, 0) is 43.4 Å². The maximum Gasteiger partial charge on any atom is 0.243 e. The standard InChI is InChI=1S/C13H20N2O3S/c1-9-3-4-11(14)7-13(9)19(17,18)15(2)8-10-5-12(16)6-10/h3-4,7,10,12,16H,5-6,8,14H2,1-2H3. The minimum atomic E-state index is -3.51. The molecule has 0 spiro atoms. The van der Waals surface area contributed by atoms with E-state index in [2.05, 4.69) is 0 Å². The SMILES string of the molecule is Cc1ccc(N)cc1S(=O)(=O)N(C)CC1CC(O)C1. The molecule has 6 heteroatoms. The fraction of sp³-hybridized carbons (Fsp3) is 0.538. The van der Waals surface area contributed by atoms with Crippen molar-refractivity contribution < 1.29 is 13.5 Å². The number of nitrogen functional groups attached to an aromatic ring is 1. The summed E-state index contributed by atoms with van der Waals surface area (Å²) in [5.41, 5.74) is 6.80. The van der Waals surface area contributed by atoms with Crippen molar-refractivity contribution in [2.45, 2.75) is 30.8 Å². The van der Waals surface area contributed by atoms with Crippen molar-refractivity contribution in [3.05, 3.63) is 23.8 Å². The van der Waals surface area contributed by atoms with E-state index in [0.29, 0.717) is 30.6 Å². The van der Waals surface area contributed by atoms with E-state index >= 15 is 0 Å². The molecule has 0 atom stereocenters. The Labute approximate surface area is 114 Å². The normalized spacial score (nSPS) is 23.4. The highest BCUT2D eigenvalue weighted by Gasteiger charge is 2.32. The number of aryl methyl sites for hydroxylation is 1. The van der Waals surface area contributed by atoms with Crippen LogP contribution >= 0.6 is 0 Å². The van der Waals surface area contributed by atoms with Crippen molar-refractivity contribution in [3.8, 4) is 0 Å². The topological polar surface area (TPSA) is 83.6 Å². The van der Waals surface area contributed by atoms with Crippen molar-refractivity contribution in [3.63, 3.8) is 0 Å². The molecule has 0 heterocycles.